The van der Waals surface area contributed by atoms with Crippen molar-refractivity contribution in [2.45, 2.75) is 31.8 Å². The van der Waals surface area contributed by atoms with Crippen LogP contribution in [0.5, 0.6) is 11.5 Å². The third-order valence-corrected chi connectivity index (χ3v) is 4.87. The molecule has 4 rings (SSSR count). The Bertz CT molecular complexity index is 729. The number of aryl methyl sites for hydroxylation is 1. The van der Waals surface area contributed by atoms with Crippen LogP contribution in [-0.2, 0) is 20.0 Å². The molecule has 1 N–H and O–H groups in total. The maximum absolute atomic E-state index is 6.31. The van der Waals surface area contributed by atoms with Gasteiger partial charge in [0, 0.05) is 30.9 Å². The highest BCUT2D eigenvalue weighted by molar-refractivity contribution is 6.32. The first-order chi connectivity index (χ1) is 11.2. The topological polar surface area (TPSA) is 48.3 Å². The first-order valence-corrected chi connectivity index (χ1v) is 8.42. The molecular formula is C17H20ClN3O2. The van der Waals surface area contributed by atoms with E-state index in [1.807, 2.05) is 30.1 Å². The van der Waals surface area contributed by atoms with E-state index in [0.29, 0.717) is 30.0 Å². The molecule has 2 aromatic rings. The Labute approximate surface area is 140 Å². The van der Waals surface area contributed by atoms with Gasteiger partial charge in [-0.15, -0.1) is 0 Å². The number of fused-ring (bicyclic) bond motifs is 2. The van der Waals surface area contributed by atoms with E-state index in [1.165, 1.54) is 17.7 Å². The smallest absolute Gasteiger partial charge is 0.179 e. The van der Waals surface area contributed by atoms with Gasteiger partial charge in [-0.1, -0.05) is 11.6 Å². The van der Waals surface area contributed by atoms with Gasteiger partial charge in [-0.2, -0.15) is 5.10 Å². The van der Waals surface area contributed by atoms with E-state index >= 15 is 0 Å². The van der Waals surface area contributed by atoms with Crippen molar-refractivity contribution in [3.63, 3.8) is 0 Å². The Morgan fingerprint density at radius 1 is 1.35 bits per heavy atom. The van der Waals surface area contributed by atoms with Gasteiger partial charge in [0.25, 0.3) is 0 Å². The molecule has 1 aliphatic heterocycles. The number of hydrogen-bond donors (Lipinski definition) is 1. The summed E-state index contributed by atoms with van der Waals surface area (Å²) in [5.74, 6) is 1.40. The quantitative estimate of drug-likeness (QED) is 0.938. The SMILES string of the molecule is Cn1ncc2c1CCCC2NCc1cc(Cl)c2c(c1)OCCO2. The molecule has 1 atom stereocenters. The highest BCUT2D eigenvalue weighted by atomic mass is 35.5. The maximum Gasteiger partial charge on any atom is 0.179 e. The second kappa shape index (κ2) is 6.06. The largest absolute Gasteiger partial charge is 0.486 e. The van der Waals surface area contributed by atoms with Crippen molar-refractivity contribution >= 4 is 11.6 Å². The molecule has 0 saturated heterocycles. The molecule has 23 heavy (non-hydrogen) atoms. The molecule has 0 spiro atoms. The Morgan fingerprint density at radius 2 is 2.22 bits per heavy atom. The number of nitrogens with zero attached hydrogens (tertiary/aromatic N) is 2. The molecule has 0 radical (unpaired) electrons. The normalized spacial score (nSPS) is 19.5. The summed E-state index contributed by atoms with van der Waals surface area (Å²) in [6.45, 7) is 1.87. The average Bonchev–Trinajstić information content (AvgIpc) is 2.95. The first-order valence-electron chi connectivity index (χ1n) is 8.04. The molecule has 1 unspecified atom stereocenters. The third kappa shape index (κ3) is 2.79. The van der Waals surface area contributed by atoms with Crippen molar-refractivity contribution in [2.75, 3.05) is 13.2 Å². The van der Waals surface area contributed by atoms with Gasteiger partial charge < -0.3 is 14.8 Å². The van der Waals surface area contributed by atoms with E-state index < -0.39 is 0 Å². The number of halogens is 1. The van der Waals surface area contributed by atoms with Crippen LogP contribution < -0.4 is 14.8 Å². The van der Waals surface area contributed by atoms with Crippen LogP contribution in [0.2, 0.25) is 5.02 Å². The predicted molar refractivity (Wildman–Crippen MR) is 88.2 cm³/mol. The van der Waals surface area contributed by atoms with Crippen molar-refractivity contribution in [3.05, 3.63) is 40.2 Å². The van der Waals surface area contributed by atoms with Gasteiger partial charge in [0.15, 0.2) is 11.5 Å². The fourth-order valence-electron chi connectivity index (χ4n) is 3.43. The van der Waals surface area contributed by atoms with Crippen LogP contribution in [0, 0.1) is 0 Å². The van der Waals surface area contributed by atoms with Gasteiger partial charge in [0.2, 0.25) is 0 Å². The lowest BCUT2D eigenvalue weighted by Gasteiger charge is -2.25. The Balaban J connectivity index is 1.51. The van der Waals surface area contributed by atoms with E-state index in [-0.39, 0.29) is 0 Å². The van der Waals surface area contributed by atoms with Crippen LogP contribution in [0.4, 0.5) is 0 Å². The number of nitrogens with one attached hydrogen (secondary N) is 1. The van der Waals surface area contributed by atoms with Gasteiger partial charge in [-0.25, -0.2) is 0 Å². The van der Waals surface area contributed by atoms with E-state index in [0.717, 1.165) is 30.7 Å². The molecule has 122 valence electrons. The molecule has 0 amide bonds. The number of aromatic nitrogens is 2. The van der Waals surface area contributed by atoms with Gasteiger partial charge >= 0.3 is 0 Å². The molecule has 0 saturated carbocycles. The van der Waals surface area contributed by atoms with Crippen molar-refractivity contribution in [1.29, 1.82) is 0 Å². The summed E-state index contributed by atoms with van der Waals surface area (Å²) in [4.78, 5) is 0. The standard InChI is InChI=1S/C17H20ClN3O2/c1-21-15-4-2-3-14(12(15)10-20-21)19-9-11-7-13(18)17-16(8-11)22-5-6-23-17/h7-8,10,14,19H,2-6,9H2,1H3. The minimum atomic E-state index is 0.347. The molecule has 0 fully saturated rings. The highest BCUT2D eigenvalue weighted by Gasteiger charge is 2.23. The van der Waals surface area contributed by atoms with Crippen molar-refractivity contribution < 1.29 is 9.47 Å². The molecule has 6 heteroatoms. The van der Waals surface area contributed by atoms with E-state index in [2.05, 4.69) is 10.4 Å². The summed E-state index contributed by atoms with van der Waals surface area (Å²) in [7, 11) is 2.02. The average molecular weight is 334 g/mol. The summed E-state index contributed by atoms with van der Waals surface area (Å²) in [5, 5.41) is 8.64. The summed E-state index contributed by atoms with van der Waals surface area (Å²) < 4.78 is 13.2. The molecule has 1 aromatic heterocycles. The molecule has 2 aliphatic rings. The van der Waals surface area contributed by atoms with Crippen LogP contribution in [0.25, 0.3) is 0 Å². The van der Waals surface area contributed by atoms with Crippen molar-refractivity contribution in [2.24, 2.45) is 7.05 Å². The zero-order valence-electron chi connectivity index (χ0n) is 13.1. The lowest BCUT2D eigenvalue weighted by molar-refractivity contribution is 0.171. The fourth-order valence-corrected chi connectivity index (χ4v) is 3.71. The summed E-state index contributed by atoms with van der Waals surface area (Å²) in [6.07, 6.45) is 5.42. The summed E-state index contributed by atoms with van der Waals surface area (Å²) in [6, 6.07) is 4.31. The maximum atomic E-state index is 6.31. The molecule has 0 bridgehead atoms. The van der Waals surface area contributed by atoms with Gasteiger partial charge in [0.05, 0.1) is 11.2 Å². The number of hydrogen-bond acceptors (Lipinski definition) is 4. The van der Waals surface area contributed by atoms with Gasteiger partial charge in [-0.05, 0) is 37.0 Å². The highest BCUT2D eigenvalue weighted by Crippen LogP contribution is 2.38. The van der Waals surface area contributed by atoms with E-state index in [1.54, 1.807) is 0 Å². The molecule has 1 aliphatic carbocycles. The van der Waals surface area contributed by atoms with Crippen LogP contribution in [-0.4, -0.2) is 23.0 Å². The summed E-state index contributed by atoms with van der Waals surface area (Å²) in [5.41, 5.74) is 3.77. The first kappa shape index (κ1) is 14.8. The predicted octanol–water partition coefficient (Wildman–Crippen LogP) is 3.01. The molecular weight excluding hydrogens is 314 g/mol. The fraction of sp³-hybridized carbons (Fsp3) is 0.471. The monoisotopic (exact) mass is 333 g/mol. The Hall–Kier alpha value is -1.72. The molecule has 5 nitrogen and oxygen atoms in total. The van der Waals surface area contributed by atoms with E-state index in [9.17, 15) is 0 Å². The lowest BCUT2D eigenvalue weighted by Crippen LogP contribution is -2.25. The lowest BCUT2D eigenvalue weighted by atomic mass is 9.93. The Morgan fingerprint density at radius 3 is 3.13 bits per heavy atom. The molecule has 2 heterocycles. The summed E-state index contributed by atoms with van der Waals surface area (Å²) >= 11 is 6.31. The van der Waals surface area contributed by atoms with Crippen LogP contribution >= 0.6 is 11.6 Å². The minimum Gasteiger partial charge on any atom is -0.486 e. The van der Waals surface area contributed by atoms with Crippen LogP contribution in [0.3, 0.4) is 0 Å². The van der Waals surface area contributed by atoms with Gasteiger partial charge in [0.1, 0.15) is 13.2 Å². The van der Waals surface area contributed by atoms with Crippen LogP contribution in [0.15, 0.2) is 18.3 Å². The van der Waals surface area contributed by atoms with Gasteiger partial charge in [-0.3, -0.25) is 4.68 Å². The van der Waals surface area contributed by atoms with Crippen LogP contribution in [0.1, 0.15) is 35.7 Å². The Kier molecular flexibility index (Phi) is 3.91. The third-order valence-electron chi connectivity index (χ3n) is 4.58. The van der Waals surface area contributed by atoms with Crippen molar-refractivity contribution in [3.8, 4) is 11.5 Å². The number of ether oxygens (including phenoxy) is 2. The zero-order valence-corrected chi connectivity index (χ0v) is 13.9. The van der Waals surface area contributed by atoms with E-state index in [4.69, 9.17) is 21.1 Å². The minimum absolute atomic E-state index is 0.347. The molecule has 1 aromatic carbocycles. The number of benzene rings is 1. The van der Waals surface area contributed by atoms with Crippen molar-refractivity contribution in [1.82, 2.24) is 15.1 Å². The second-order valence-corrected chi connectivity index (χ2v) is 6.50. The second-order valence-electron chi connectivity index (χ2n) is 6.10. The zero-order chi connectivity index (χ0) is 15.8. The number of rotatable bonds is 3.